The van der Waals surface area contributed by atoms with Crippen molar-refractivity contribution in [1.29, 1.82) is 0 Å². The highest BCUT2D eigenvalue weighted by Crippen LogP contribution is 2.25. The molecule has 7 nitrogen and oxygen atoms in total. The summed E-state index contributed by atoms with van der Waals surface area (Å²) in [6.07, 6.45) is 3.64. The van der Waals surface area contributed by atoms with Gasteiger partial charge >= 0.3 is 5.97 Å². The normalized spacial score (nSPS) is 11.8. The minimum atomic E-state index is -0.683. The summed E-state index contributed by atoms with van der Waals surface area (Å²) < 4.78 is 6.82. The van der Waals surface area contributed by atoms with E-state index in [2.05, 4.69) is 4.98 Å². The van der Waals surface area contributed by atoms with Crippen LogP contribution in [0.15, 0.2) is 24.5 Å². The highest BCUT2D eigenvalue weighted by molar-refractivity contribution is 6.06. The molecule has 0 aliphatic carbocycles. The van der Waals surface area contributed by atoms with Crippen molar-refractivity contribution in [2.75, 3.05) is 6.61 Å². The van der Waals surface area contributed by atoms with Gasteiger partial charge in [0.05, 0.1) is 12.6 Å². The van der Waals surface area contributed by atoms with Crippen molar-refractivity contribution >= 4 is 17.7 Å². The predicted molar refractivity (Wildman–Crippen MR) is 110 cm³/mol. The zero-order valence-corrected chi connectivity index (χ0v) is 18.0. The molecule has 0 aliphatic heterocycles. The summed E-state index contributed by atoms with van der Waals surface area (Å²) in [6, 6.07) is 2.99. The third-order valence-corrected chi connectivity index (χ3v) is 5.19. The van der Waals surface area contributed by atoms with E-state index in [1.165, 1.54) is 0 Å². The molecule has 29 heavy (non-hydrogen) atoms. The summed E-state index contributed by atoms with van der Waals surface area (Å²) in [4.78, 5) is 44.0. The zero-order chi connectivity index (χ0) is 21.7. The average Bonchev–Trinajstić information content (AvgIpc) is 2.94. The van der Waals surface area contributed by atoms with Crippen LogP contribution in [0.25, 0.3) is 0 Å². The van der Waals surface area contributed by atoms with E-state index < -0.39 is 12.0 Å². The Bertz CT molecular complexity index is 903. The molecule has 1 amide bonds. The first-order valence-corrected chi connectivity index (χ1v) is 9.80. The Kier molecular flexibility index (Phi) is 7.31. The van der Waals surface area contributed by atoms with Crippen molar-refractivity contribution in [2.24, 2.45) is 7.05 Å². The third kappa shape index (κ3) is 4.55. The molecule has 2 rings (SSSR count). The molecule has 0 saturated carbocycles. The van der Waals surface area contributed by atoms with Gasteiger partial charge < -0.3 is 14.2 Å². The van der Waals surface area contributed by atoms with Gasteiger partial charge in [-0.15, -0.1) is 0 Å². The van der Waals surface area contributed by atoms with Gasteiger partial charge in [-0.2, -0.15) is 0 Å². The Labute approximate surface area is 171 Å². The van der Waals surface area contributed by atoms with Gasteiger partial charge in [0.2, 0.25) is 5.91 Å². The van der Waals surface area contributed by atoms with Crippen molar-refractivity contribution in [2.45, 2.75) is 53.6 Å². The summed E-state index contributed by atoms with van der Waals surface area (Å²) in [5.41, 5.74) is 2.92. The van der Waals surface area contributed by atoms with Gasteiger partial charge in [0.15, 0.2) is 5.78 Å². The molecule has 0 aromatic carbocycles. The molecule has 0 aliphatic rings. The van der Waals surface area contributed by atoms with E-state index >= 15 is 0 Å². The van der Waals surface area contributed by atoms with Crippen LogP contribution in [0.2, 0.25) is 0 Å². The number of ether oxygens (including phenoxy) is 1. The second-order valence-electron chi connectivity index (χ2n) is 6.99. The zero-order valence-electron chi connectivity index (χ0n) is 18.0. The number of Topliss-reactive ketones (excluding diaryl/α,β-unsaturated/α-hetero) is 1. The van der Waals surface area contributed by atoms with E-state index in [1.807, 2.05) is 6.07 Å². The van der Waals surface area contributed by atoms with Crippen molar-refractivity contribution in [1.82, 2.24) is 14.5 Å². The molecule has 0 spiro atoms. The van der Waals surface area contributed by atoms with Gasteiger partial charge in [-0.05, 0) is 44.9 Å². The van der Waals surface area contributed by atoms with Crippen molar-refractivity contribution in [3.63, 3.8) is 0 Å². The molecule has 156 valence electrons. The smallest absolute Gasteiger partial charge is 0.355 e. The van der Waals surface area contributed by atoms with E-state index in [-0.39, 0.29) is 18.3 Å². The van der Waals surface area contributed by atoms with Crippen LogP contribution in [-0.4, -0.2) is 44.8 Å². The van der Waals surface area contributed by atoms with Gasteiger partial charge in [-0.3, -0.25) is 14.6 Å². The predicted octanol–water partition coefficient (Wildman–Crippen LogP) is 3.22. The van der Waals surface area contributed by atoms with E-state index in [4.69, 9.17) is 4.74 Å². The number of ketones is 1. The maximum atomic E-state index is 13.4. The quantitative estimate of drug-likeness (QED) is 0.503. The minimum absolute atomic E-state index is 0.119. The molecule has 2 heterocycles. The second-order valence-corrected chi connectivity index (χ2v) is 6.99. The average molecular weight is 399 g/mol. The van der Waals surface area contributed by atoms with Crippen LogP contribution >= 0.6 is 0 Å². The standard InChI is InChI=1S/C22H29N3O4/c1-7-18(26)25(13-17-10-9-11-23-12-17)16(5)21(27)19-14(3)20(22(28)29-8-2)24(6)15(19)4/h9-12,16H,7-8,13H2,1-6H3. The van der Waals surface area contributed by atoms with Crippen LogP contribution in [0.4, 0.5) is 0 Å². The fraction of sp³-hybridized carbons (Fsp3) is 0.455. The van der Waals surface area contributed by atoms with Gasteiger partial charge in [0.25, 0.3) is 0 Å². The molecule has 2 aromatic rings. The second kappa shape index (κ2) is 9.49. The summed E-state index contributed by atoms with van der Waals surface area (Å²) in [5.74, 6) is -0.775. The summed E-state index contributed by atoms with van der Waals surface area (Å²) >= 11 is 0. The number of esters is 1. The molecular weight excluding hydrogens is 370 g/mol. The lowest BCUT2D eigenvalue weighted by Gasteiger charge is -2.28. The Morgan fingerprint density at radius 2 is 1.93 bits per heavy atom. The number of aromatic nitrogens is 2. The molecule has 0 N–H and O–H groups in total. The number of carbonyl (C=O) groups excluding carboxylic acids is 3. The summed E-state index contributed by atoms with van der Waals surface area (Å²) in [7, 11) is 1.74. The molecule has 7 heteroatoms. The number of carbonyl (C=O) groups is 3. The molecule has 1 atom stereocenters. The van der Waals surface area contributed by atoms with Crippen molar-refractivity contribution in [3.05, 3.63) is 52.6 Å². The van der Waals surface area contributed by atoms with Crippen molar-refractivity contribution in [3.8, 4) is 0 Å². The van der Waals surface area contributed by atoms with E-state index in [1.54, 1.807) is 69.6 Å². The number of hydrogen-bond donors (Lipinski definition) is 0. The van der Waals surface area contributed by atoms with E-state index in [0.717, 1.165) is 5.56 Å². The maximum absolute atomic E-state index is 13.4. The Morgan fingerprint density at radius 1 is 1.24 bits per heavy atom. The Morgan fingerprint density at radius 3 is 2.48 bits per heavy atom. The van der Waals surface area contributed by atoms with Gasteiger partial charge in [0.1, 0.15) is 5.69 Å². The topological polar surface area (TPSA) is 81.5 Å². The number of amides is 1. The minimum Gasteiger partial charge on any atom is -0.461 e. The summed E-state index contributed by atoms with van der Waals surface area (Å²) in [5, 5.41) is 0. The van der Waals surface area contributed by atoms with Crippen LogP contribution in [0.1, 0.15) is 64.9 Å². The number of rotatable bonds is 8. The number of pyridine rings is 1. The number of hydrogen-bond acceptors (Lipinski definition) is 5. The number of nitrogens with zero attached hydrogens (tertiary/aromatic N) is 3. The van der Waals surface area contributed by atoms with Crippen LogP contribution in [0.3, 0.4) is 0 Å². The Hall–Kier alpha value is -2.96. The molecule has 1 unspecified atom stereocenters. The van der Waals surface area contributed by atoms with Crippen LogP contribution in [0, 0.1) is 13.8 Å². The highest BCUT2D eigenvalue weighted by Gasteiger charge is 2.32. The lowest BCUT2D eigenvalue weighted by molar-refractivity contribution is -0.132. The first kappa shape index (κ1) is 22.3. The first-order valence-electron chi connectivity index (χ1n) is 9.80. The van der Waals surface area contributed by atoms with Gasteiger partial charge in [0, 0.05) is 43.7 Å². The largest absolute Gasteiger partial charge is 0.461 e. The van der Waals surface area contributed by atoms with E-state index in [9.17, 15) is 14.4 Å². The fourth-order valence-corrected chi connectivity index (χ4v) is 3.51. The van der Waals surface area contributed by atoms with Crippen LogP contribution < -0.4 is 0 Å². The maximum Gasteiger partial charge on any atom is 0.355 e. The summed E-state index contributed by atoms with van der Waals surface area (Å²) in [6.45, 7) is 9.32. The van der Waals surface area contributed by atoms with Crippen molar-refractivity contribution < 1.29 is 19.1 Å². The van der Waals surface area contributed by atoms with Crippen LogP contribution in [-0.2, 0) is 23.1 Å². The Balaban J connectivity index is 2.42. The van der Waals surface area contributed by atoms with E-state index in [0.29, 0.717) is 35.5 Å². The van der Waals surface area contributed by atoms with Gasteiger partial charge in [-0.1, -0.05) is 13.0 Å². The molecule has 0 fully saturated rings. The fourth-order valence-electron chi connectivity index (χ4n) is 3.51. The molecule has 0 saturated heterocycles. The lowest BCUT2D eigenvalue weighted by Crippen LogP contribution is -2.42. The monoisotopic (exact) mass is 399 g/mol. The highest BCUT2D eigenvalue weighted by atomic mass is 16.5. The van der Waals surface area contributed by atoms with Gasteiger partial charge in [-0.25, -0.2) is 4.79 Å². The molecular formula is C22H29N3O4. The first-order chi connectivity index (χ1) is 13.7. The van der Waals surface area contributed by atoms with Crippen LogP contribution in [0.5, 0.6) is 0 Å². The molecule has 0 bridgehead atoms. The molecule has 0 radical (unpaired) electrons. The molecule has 2 aromatic heterocycles. The lowest BCUT2D eigenvalue weighted by atomic mass is 9.99. The third-order valence-electron chi connectivity index (χ3n) is 5.19. The SMILES string of the molecule is CCOC(=O)c1c(C)c(C(=O)C(C)N(Cc2cccnc2)C(=O)CC)c(C)n1C.